The molecule has 2 nitrogen and oxygen atoms in total. The molecule has 4 rings (SSSR count). The van der Waals surface area contributed by atoms with Crippen molar-refractivity contribution in [2.24, 2.45) is 0 Å². The summed E-state index contributed by atoms with van der Waals surface area (Å²) in [6.07, 6.45) is 0.833. The number of rotatable bonds is 2. The predicted octanol–water partition coefficient (Wildman–Crippen LogP) is 3.40. The topological polar surface area (TPSA) is 40.5 Å². The zero-order chi connectivity index (χ0) is 14.4. The highest BCUT2D eigenvalue weighted by molar-refractivity contribution is 5.92. The maximum absolute atomic E-state index is 9.67. The minimum Gasteiger partial charge on any atom is -0.392 e. The monoisotopic (exact) mass is 276 g/mol. The number of hydrogen-bond donors (Lipinski definition) is 2. The summed E-state index contributed by atoms with van der Waals surface area (Å²) < 4.78 is 0. The third-order valence-electron chi connectivity index (χ3n) is 4.49. The quantitative estimate of drug-likeness (QED) is 0.589. The molecular weight excluding hydrogens is 260 g/mol. The largest absolute Gasteiger partial charge is 0.392 e. The lowest BCUT2D eigenvalue weighted by Crippen LogP contribution is -1.99. The lowest BCUT2D eigenvalue weighted by Gasteiger charge is -2.11. The molecule has 0 atom stereocenters. The Balaban J connectivity index is 1.98. The molecular formula is C19H16O2. The predicted molar refractivity (Wildman–Crippen MR) is 84.0 cm³/mol. The Hall–Kier alpha value is -2.16. The van der Waals surface area contributed by atoms with Crippen molar-refractivity contribution in [2.45, 2.75) is 19.6 Å². The summed E-state index contributed by atoms with van der Waals surface area (Å²) in [7, 11) is 0. The van der Waals surface area contributed by atoms with Gasteiger partial charge in [-0.05, 0) is 56.6 Å². The van der Waals surface area contributed by atoms with Gasteiger partial charge in [0.2, 0.25) is 0 Å². The van der Waals surface area contributed by atoms with Crippen LogP contribution in [0.2, 0.25) is 0 Å². The zero-order valence-corrected chi connectivity index (χ0v) is 11.6. The van der Waals surface area contributed by atoms with E-state index in [0.29, 0.717) is 0 Å². The summed E-state index contributed by atoms with van der Waals surface area (Å²) in [6.45, 7) is -0.0476. The molecule has 1 aliphatic carbocycles. The van der Waals surface area contributed by atoms with E-state index >= 15 is 0 Å². The van der Waals surface area contributed by atoms with Crippen LogP contribution in [-0.4, -0.2) is 10.2 Å². The minimum atomic E-state index is -0.0263. The van der Waals surface area contributed by atoms with Gasteiger partial charge in [0.05, 0.1) is 13.2 Å². The molecule has 2 heteroatoms. The van der Waals surface area contributed by atoms with Gasteiger partial charge in [0, 0.05) is 0 Å². The summed E-state index contributed by atoms with van der Waals surface area (Å²) in [5.41, 5.74) is 6.62. The molecule has 0 aliphatic heterocycles. The van der Waals surface area contributed by atoms with Gasteiger partial charge in [0.1, 0.15) is 0 Å². The average Bonchev–Trinajstić information content (AvgIpc) is 2.89. The van der Waals surface area contributed by atoms with E-state index in [2.05, 4.69) is 42.5 Å². The molecule has 2 N–H and O–H groups in total. The van der Waals surface area contributed by atoms with E-state index in [4.69, 9.17) is 0 Å². The van der Waals surface area contributed by atoms with E-state index in [1.807, 2.05) is 6.07 Å². The van der Waals surface area contributed by atoms with Gasteiger partial charge in [-0.15, -0.1) is 0 Å². The van der Waals surface area contributed by atoms with Crippen molar-refractivity contribution >= 4 is 10.8 Å². The van der Waals surface area contributed by atoms with Crippen LogP contribution in [0.25, 0.3) is 21.9 Å². The van der Waals surface area contributed by atoms with Crippen molar-refractivity contribution in [2.75, 3.05) is 0 Å². The van der Waals surface area contributed by atoms with Gasteiger partial charge in [-0.25, -0.2) is 0 Å². The summed E-state index contributed by atoms with van der Waals surface area (Å²) in [5.74, 6) is 0. The molecule has 0 bridgehead atoms. The fourth-order valence-corrected chi connectivity index (χ4v) is 3.42. The van der Waals surface area contributed by atoms with E-state index < -0.39 is 0 Å². The first-order valence-electron chi connectivity index (χ1n) is 7.19. The number of fused-ring (bicyclic) bond motifs is 4. The standard InChI is InChI=1S/C19H16O2/c20-10-14-5-6-16-17-8-13-4-2-1-3-12(13)7-15(17)9-18(16)19(14)11-21/h1-8,20-21H,9-11H2. The van der Waals surface area contributed by atoms with Crippen molar-refractivity contribution in [3.05, 3.63) is 70.8 Å². The average molecular weight is 276 g/mol. The fraction of sp³-hybridized carbons (Fsp3) is 0.158. The van der Waals surface area contributed by atoms with E-state index in [0.717, 1.165) is 23.1 Å². The van der Waals surface area contributed by atoms with Gasteiger partial charge >= 0.3 is 0 Å². The summed E-state index contributed by atoms with van der Waals surface area (Å²) in [6, 6.07) is 16.8. The molecule has 1 aliphatic rings. The van der Waals surface area contributed by atoms with Gasteiger partial charge in [-0.2, -0.15) is 0 Å². The molecule has 21 heavy (non-hydrogen) atoms. The maximum atomic E-state index is 9.67. The Labute approximate surface area is 123 Å². The maximum Gasteiger partial charge on any atom is 0.0688 e. The number of hydrogen-bond acceptors (Lipinski definition) is 2. The van der Waals surface area contributed by atoms with Crippen LogP contribution >= 0.6 is 0 Å². The smallest absolute Gasteiger partial charge is 0.0688 e. The number of aliphatic hydroxyl groups is 2. The first-order valence-corrected chi connectivity index (χ1v) is 7.19. The molecule has 0 fully saturated rings. The summed E-state index contributed by atoms with van der Waals surface area (Å²) in [4.78, 5) is 0. The Morgan fingerprint density at radius 1 is 0.810 bits per heavy atom. The van der Waals surface area contributed by atoms with Gasteiger partial charge in [0.15, 0.2) is 0 Å². The molecule has 3 aromatic rings. The lowest BCUT2D eigenvalue weighted by atomic mass is 9.96. The van der Waals surface area contributed by atoms with Crippen molar-refractivity contribution in [3.63, 3.8) is 0 Å². The van der Waals surface area contributed by atoms with Crippen molar-refractivity contribution in [1.29, 1.82) is 0 Å². The Kier molecular flexibility index (Phi) is 2.81. The first kappa shape index (κ1) is 12.6. The van der Waals surface area contributed by atoms with Crippen LogP contribution in [0.4, 0.5) is 0 Å². The number of aliphatic hydroxyl groups excluding tert-OH is 2. The fourth-order valence-electron chi connectivity index (χ4n) is 3.42. The molecule has 0 aromatic heterocycles. The third-order valence-corrected chi connectivity index (χ3v) is 4.49. The SMILES string of the molecule is OCc1ccc2c(c1CO)Cc1cc3ccccc3cc1-2. The molecule has 104 valence electrons. The van der Waals surface area contributed by atoms with Crippen LogP contribution in [0.5, 0.6) is 0 Å². The highest BCUT2D eigenvalue weighted by Crippen LogP contribution is 2.41. The second-order valence-electron chi connectivity index (χ2n) is 5.58. The Morgan fingerprint density at radius 3 is 2.29 bits per heavy atom. The van der Waals surface area contributed by atoms with Crippen LogP contribution in [0.1, 0.15) is 22.3 Å². The minimum absolute atomic E-state index is 0.0213. The Morgan fingerprint density at radius 2 is 1.57 bits per heavy atom. The van der Waals surface area contributed by atoms with Crippen LogP contribution in [0, 0.1) is 0 Å². The van der Waals surface area contributed by atoms with Gasteiger partial charge in [0.25, 0.3) is 0 Å². The molecule has 0 heterocycles. The second-order valence-corrected chi connectivity index (χ2v) is 5.58. The third kappa shape index (κ3) is 1.80. The summed E-state index contributed by atoms with van der Waals surface area (Å²) in [5, 5.41) is 21.6. The highest BCUT2D eigenvalue weighted by Gasteiger charge is 2.22. The van der Waals surface area contributed by atoms with E-state index in [1.165, 1.54) is 27.5 Å². The molecule has 0 saturated heterocycles. The second kappa shape index (κ2) is 4.69. The molecule has 0 saturated carbocycles. The van der Waals surface area contributed by atoms with Crippen molar-refractivity contribution < 1.29 is 10.2 Å². The van der Waals surface area contributed by atoms with Crippen molar-refractivity contribution in [3.8, 4) is 11.1 Å². The lowest BCUT2D eigenvalue weighted by molar-refractivity contribution is 0.259. The number of benzene rings is 3. The van der Waals surface area contributed by atoms with Gasteiger partial charge in [-0.1, -0.05) is 42.5 Å². The van der Waals surface area contributed by atoms with Crippen molar-refractivity contribution in [1.82, 2.24) is 0 Å². The van der Waals surface area contributed by atoms with Gasteiger partial charge < -0.3 is 10.2 Å². The molecule has 0 unspecified atom stereocenters. The van der Waals surface area contributed by atoms with E-state index in [-0.39, 0.29) is 13.2 Å². The van der Waals surface area contributed by atoms with E-state index in [1.54, 1.807) is 0 Å². The normalized spacial score (nSPS) is 12.5. The molecule has 3 aromatic carbocycles. The van der Waals surface area contributed by atoms with Gasteiger partial charge in [-0.3, -0.25) is 0 Å². The molecule has 0 spiro atoms. The van der Waals surface area contributed by atoms with Crippen LogP contribution < -0.4 is 0 Å². The van der Waals surface area contributed by atoms with E-state index in [9.17, 15) is 10.2 Å². The first-order chi connectivity index (χ1) is 10.3. The summed E-state index contributed by atoms with van der Waals surface area (Å²) >= 11 is 0. The van der Waals surface area contributed by atoms with Crippen LogP contribution in [-0.2, 0) is 19.6 Å². The molecule has 0 amide bonds. The molecule has 0 radical (unpaired) electrons. The zero-order valence-electron chi connectivity index (χ0n) is 11.6. The van der Waals surface area contributed by atoms with Crippen LogP contribution in [0.3, 0.4) is 0 Å². The Bertz CT molecular complexity index is 850. The van der Waals surface area contributed by atoms with Crippen LogP contribution in [0.15, 0.2) is 48.5 Å². The highest BCUT2D eigenvalue weighted by atomic mass is 16.3.